The maximum absolute atomic E-state index is 9.44. The van der Waals surface area contributed by atoms with Crippen molar-refractivity contribution in [1.82, 2.24) is 5.32 Å². The number of benzene rings is 1. The predicted molar refractivity (Wildman–Crippen MR) is 70.9 cm³/mol. The third-order valence-corrected chi connectivity index (χ3v) is 3.66. The second-order valence-electron chi connectivity index (χ2n) is 5.29. The van der Waals surface area contributed by atoms with Crippen LogP contribution in [0.25, 0.3) is 0 Å². The first-order valence-electron chi connectivity index (χ1n) is 6.68. The SMILES string of the molecule is Cc1cccc(CNCC2CCC(O)CC2)c1. The van der Waals surface area contributed by atoms with Crippen molar-refractivity contribution in [3.05, 3.63) is 35.4 Å². The summed E-state index contributed by atoms with van der Waals surface area (Å²) in [6.45, 7) is 4.17. The summed E-state index contributed by atoms with van der Waals surface area (Å²) >= 11 is 0. The number of aliphatic hydroxyl groups is 1. The number of aryl methyl sites for hydroxylation is 1. The molecule has 2 nitrogen and oxygen atoms in total. The standard InChI is InChI=1S/C15H23NO/c1-12-3-2-4-14(9-12)11-16-10-13-5-7-15(17)8-6-13/h2-4,9,13,15-17H,5-8,10-11H2,1H3. The molecule has 2 N–H and O–H groups in total. The van der Waals surface area contributed by atoms with Crippen LogP contribution in [0.15, 0.2) is 24.3 Å². The molecule has 1 saturated carbocycles. The van der Waals surface area contributed by atoms with Gasteiger partial charge in [0, 0.05) is 6.54 Å². The zero-order valence-corrected chi connectivity index (χ0v) is 10.7. The Kier molecular flexibility index (Phi) is 4.57. The minimum atomic E-state index is -0.0389. The van der Waals surface area contributed by atoms with Gasteiger partial charge in [0.1, 0.15) is 0 Å². The van der Waals surface area contributed by atoms with E-state index in [2.05, 4.69) is 36.5 Å². The van der Waals surface area contributed by atoms with Crippen LogP contribution < -0.4 is 5.32 Å². The van der Waals surface area contributed by atoms with Crippen LogP contribution in [0.3, 0.4) is 0 Å². The third-order valence-electron chi connectivity index (χ3n) is 3.66. The van der Waals surface area contributed by atoms with Crippen molar-refractivity contribution in [3.63, 3.8) is 0 Å². The van der Waals surface area contributed by atoms with Crippen molar-refractivity contribution in [3.8, 4) is 0 Å². The second-order valence-corrected chi connectivity index (χ2v) is 5.29. The van der Waals surface area contributed by atoms with E-state index in [0.717, 1.165) is 31.8 Å². The average molecular weight is 233 g/mol. The van der Waals surface area contributed by atoms with Gasteiger partial charge < -0.3 is 10.4 Å². The number of hydrogen-bond acceptors (Lipinski definition) is 2. The molecule has 1 fully saturated rings. The molecule has 2 rings (SSSR count). The molecule has 2 heteroatoms. The maximum Gasteiger partial charge on any atom is 0.0540 e. The topological polar surface area (TPSA) is 32.3 Å². The van der Waals surface area contributed by atoms with Gasteiger partial charge in [-0.15, -0.1) is 0 Å². The van der Waals surface area contributed by atoms with Gasteiger partial charge in [-0.05, 0) is 50.6 Å². The van der Waals surface area contributed by atoms with Gasteiger partial charge in [-0.2, -0.15) is 0 Å². The second kappa shape index (κ2) is 6.18. The molecule has 1 aliphatic carbocycles. The summed E-state index contributed by atoms with van der Waals surface area (Å²) in [7, 11) is 0. The van der Waals surface area contributed by atoms with Crippen molar-refractivity contribution in [2.75, 3.05) is 6.54 Å². The molecule has 0 aliphatic heterocycles. The Morgan fingerprint density at radius 2 is 2.00 bits per heavy atom. The van der Waals surface area contributed by atoms with E-state index >= 15 is 0 Å². The summed E-state index contributed by atoms with van der Waals surface area (Å²) in [5.41, 5.74) is 2.69. The van der Waals surface area contributed by atoms with Crippen molar-refractivity contribution in [2.45, 2.75) is 45.3 Å². The van der Waals surface area contributed by atoms with Crippen molar-refractivity contribution in [1.29, 1.82) is 0 Å². The van der Waals surface area contributed by atoms with E-state index in [1.807, 2.05) is 0 Å². The van der Waals surface area contributed by atoms with Gasteiger partial charge in [-0.25, -0.2) is 0 Å². The molecule has 1 aromatic carbocycles. The van der Waals surface area contributed by atoms with E-state index in [0.29, 0.717) is 0 Å². The van der Waals surface area contributed by atoms with E-state index in [1.165, 1.54) is 24.0 Å². The van der Waals surface area contributed by atoms with Gasteiger partial charge in [-0.1, -0.05) is 29.8 Å². The smallest absolute Gasteiger partial charge is 0.0540 e. The summed E-state index contributed by atoms with van der Waals surface area (Å²) in [6.07, 6.45) is 4.26. The molecule has 1 aliphatic rings. The number of rotatable bonds is 4. The minimum absolute atomic E-state index is 0.0389. The molecule has 0 amide bonds. The van der Waals surface area contributed by atoms with Crippen LogP contribution in [-0.4, -0.2) is 17.8 Å². The first-order chi connectivity index (χ1) is 8.24. The van der Waals surface area contributed by atoms with Gasteiger partial charge >= 0.3 is 0 Å². The Balaban J connectivity index is 1.69. The number of aliphatic hydroxyl groups excluding tert-OH is 1. The molecule has 0 spiro atoms. The summed E-state index contributed by atoms with van der Waals surface area (Å²) in [4.78, 5) is 0. The zero-order chi connectivity index (χ0) is 12.1. The highest BCUT2D eigenvalue weighted by molar-refractivity contribution is 5.21. The molecule has 17 heavy (non-hydrogen) atoms. The fraction of sp³-hybridized carbons (Fsp3) is 0.600. The maximum atomic E-state index is 9.44. The van der Waals surface area contributed by atoms with E-state index in [-0.39, 0.29) is 6.10 Å². The lowest BCUT2D eigenvalue weighted by molar-refractivity contribution is 0.108. The van der Waals surface area contributed by atoms with E-state index in [1.54, 1.807) is 0 Å². The third kappa shape index (κ3) is 4.14. The van der Waals surface area contributed by atoms with Gasteiger partial charge in [0.15, 0.2) is 0 Å². The predicted octanol–water partition coefficient (Wildman–Crippen LogP) is 2.64. The first-order valence-corrected chi connectivity index (χ1v) is 6.68. The lowest BCUT2D eigenvalue weighted by Crippen LogP contribution is -2.27. The fourth-order valence-electron chi connectivity index (χ4n) is 2.59. The van der Waals surface area contributed by atoms with Crippen LogP contribution in [0.1, 0.15) is 36.8 Å². The van der Waals surface area contributed by atoms with Crippen molar-refractivity contribution < 1.29 is 5.11 Å². The molecule has 0 saturated heterocycles. The molecular formula is C15H23NO. The van der Waals surface area contributed by atoms with Crippen LogP contribution in [0.4, 0.5) is 0 Å². The van der Waals surface area contributed by atoms with Gasteiger partial charge in [0.05, 0.1) is 6.10 Å². The molecule has 1 aromatic rings. The Bertz CT molecular complexity index is 343. The Hall–Kier alpha value is -0.860. The van der Waals surface area contributed by atoms with Crippen LogP contribution in [-0.2, 0) is 6.54 Å². The molecule has 94 valence electrons. The van der Waals surface area contributed by atoms with Crippen LogP contribution in [0, 0.1) is 12.8 Å². The molecule has 0 unspecified atom stereocenters. The van der Waals surface area contributed by atoms with Gasteiger partial charge in [0.2, 0.25) is 0 Å². The molecule has 0 radical (unpaired) electrons. The van der Waals surface area contributed by atoms with Crippen LogP contribution >= 0.6 is 0 Å². The quantitative estimate of drug-likeness (QED) is 0.838. The Labute approximate surface area is 104 Å². The fourth-order valence-corrected chi connectivity index (χ4v) is 2.59. The Morgan fingerprint density at radius 3 is 2.71 bits per heavy atom. The van der Waals surface area contributed by atoms with Gasteiger partial charge in [-0.3, -0.25) is 0 Å². The number of hydrogen-bond donors (Lipinski definition) is 2. The summed E-state index contributed by atoms with van der Waals surface area (Å²) < 4.78 is 0. The lowest BCUT2D eigenvalue weighted by atomic mass is 9.87. The average Bonchev–Trinajstić information content (AvgIpc) is 2.32. The molecule has 0 atom stereocenters. The molecular weight excluding hydrogens is 210 g/mol. The molecule has 0 bridgehead atoms. The first kappa shape index (κ1) is 12.6. The zero-order valence-electron chi connectivity index (χ0n) is 10.7. The highest BCUT2D eigenvalue weighted by atomic mass is 16.3. The van der Waals surface area contributed by atoms with Gasteiger partial charge in [0.25, 0.3) is 0 Å². The highest BCUT2D eigenvalue weighted by Crippen LogP contribution is 2.23. The van der Waals surface area contributed by atoms with Crippen molar-refractivity contribution >= 4 is 0 Å². The van der Waals surface area contributed by atoms with E-state index < -0.39 is 0 Å². The van der Waals surface area contributed by atoms with E-state index in [4.69, 9.17) is 0 Å². The summed E-state index contributed by atoms with van der Waals surface area (Å²) in [5.74, 6) is 0.753. The normalized spacial score (nSPS) is 24.8. The molecule has 0 heterocycles. The molecule has 0 aromatic heterocycles. The lowest BCUT2D eigenvalue weighted by Gasteiger charge is -2.25. The van der Waals surface area contributed by atoms with Crippen molar-refractivity contribution in [2.24, 2.45) is 5.92 Å². The summed E-state index contributed by atoms with van der Waals surface area (Å²) in [6, 6.07) is 8.65. The minimum Gasteiger partial charge on any atom is -0.393 e. The van der Waals surface area contributed by atoms with Crippen LogP contribution in [0.2, 0.25) is 0 Å². The van der Waals surface area contributed by atoms with Crippen LogP contribution in [0.5, 0.6) is 0 Å². The van der Waals surface area contributed by atoms with E-state index in [9.17, 15) is 5.11 Å². The summed E-state index contributed by atoms with van der Waals surface area (Å²) in [5, 5.41) is 13.0. The Morgan fingerprint density at radius 1 is 1.24 bits per heavy atom. The number of nitrogens with one attached hydrogen (secondary N) is 1. The largest absolute Gasteiger partial charge is 0.393 e. The monoisotopic (exact) mass is 233 g/mol. The highest BCUT2D eigenvalue weighted by Gasteiger charge is 2.18.